The van der Waals surface area contributed by atoms with E-state index in [9.17, 15) is 14.4 Å². The van der Waals surface area contributed by atoms with Crippen molar-refractivity contribution in [3.05, 3.63) is 65.2 Å². The van der Waals surface area contributed by atoms with E-state index in [0.717, 1.165) is 6.42 Å². The number of benzene rings is 2. The summed E-state index contributed by atoms with van der Waals surface area (Å²) in [6.07, 6.45) is 1.42. The van der Waals surface area contributed by atoms with Crippen LogP contribution in [-0.2, 0) is 4.79 Å². The van der Waals surface area contributed by atoms with Crippen molar-refractivity contribution in [2.24, 2.45) is 5.92 Å². The van der Waals surface area contributed by atoms with E-state index >= 15 is 0 Å². The van der Waals surface area contributed by atoms with Crippen molar-refractivity contribution < 1.29 is 14.4 Å². The van der Waals surface area contributed by atoms with Gasteiger partial charge in [-0.05, 0) is 42.7 Å². The molecule has 0 spiro atoms. The highest BCUT2D eigenvalue weighted by molar-refractivity contribution is 6.30. The number of urea groups is 1. The normalized spacial score (nSPS) is 15.8. The van der Waals surface area contributed by atoms with Crippen molar-refractivity contribution >= 4 is 35.1 Å². The van der Waals surface area contributed by atoms with Gasteiger partial charge in [0.1, 0.15) is 6.04 Å². The number of halogens is 1. The number of carbonyl (C=O) groups is 3. The summed E-state index contributed by atoms with van der Waals surface area (Å²) >= 11 is 6.00. The van der Waals surface area contributed by atoms with Gasteiger partial charge in [0.15, 0.2) is 0 Å². The third kappa shape index (κ3) is 6.71. The van der Waals surface area contributed by atoms with E-state index in [1.54, 1.807) is 58.3 Å². The summed E-state index contributed by atoms with van der Waals surface area (Å²) in [6.45, 7) is 5.88. The first-order valence-electron chi connectivity index (χ1n) is 11.3. The summed E-state index contributed by atoms with van der Waals surface area (Å²) in [5, 5.41) is 6.35. The van der Waals surface area contributed by atoms with Gasteiger partial charge in [-0.3, -0.25) is 9.59 Å². The van der Waals surface area contributed by atoms with Gasteiger partial charge in [0, 0.05) is 42.5 Å². The smallest absolute Gasteiger partial charge is 0.321 e. The molecule has 0 saturated carbocycles. The summed E-state index contributed by atoms with van der Waals surface area (Å²) in [7, 11) is 0. The topological polar surface area (TPSA) is 81.8 Å². The van der Waals surface area contributed by atoms with Crippen LogP contribution in [0.5, 0.6) is 0 Å². The van der Waals surface area contributed by atoms with E-state index in [4.69, 9.17) is 11.6 Å². The van der Waals surface area contributed by atoms with Crippen molar-refractivity contribution in [2.75, 3.05) is 31.5 Å². The molecule has 8 heteroatoms. The lowest BCUT2D eigenvalue weighted by Crippen LogP contribution is -2.52. The Morgan fingerprint density at radius 3 is 2.36 bits per heavy atom. The van der Waals surface area contributed by atoms with E-state index < -0.39 is 6.04 Å². The first kappa shape index (κ1) is 24.6. The number of nitrogens with zero attached hydrogens (tertiary/aromatic N) is 2. The van der Waals surface area contributed by atoms with Crippen LogP contribution in [0.4, 0.5) is 10.5 Å². The predicted octanol–water partition coefficient (Wildman–Crippen LogP) is 4.25. The molecule has 1 aliphatic rings. The molecule has 0 aliphatic carbocycles. The maximum atomic E-state index is 13.4. The molecule has 1 saturated heterocycles. The van der Waals surface area contributed by atoms with Crippen LogP contribution in [0.3, 0.4) is 0 Å². The minimum absolute atomic E-state index is 0.0179. The highest BCUT2D eigenvalue weighted by Gasteiger charge is 2.31. The van der Waals surface area contributed by atoms with Gasteiger partial charge in [0.2, 0.25) is 5.91 Å². The van der Waals surface area contributed by atoms with E-state index in [0.29, 0.717) is 48.9 Å². The molecule has 0 radical (unpaired) electrons. The Morgan fingerprint density at radius 2 is 1.67 bits per heavy atom. The predicted molar refractivity (Wildman–Crippen MR) is 130 cm³/mol. The average Bonchev–Trinajstić information content (AvgIpc) is 3.08. The second-order valence-corrected chi connectivity index (χ2v) is 8.75. The molecule has 33 heavy (non-hydrogen) atoms. The van der Waals surface area contributed by atoms with Gasteiger partial charge in [0.05, 0.1) is 0 Å². The fourth-order valence-corrected chi connectivity index (χ4v) is 3.99. The standard InChI is InChI=1S/C25H31ClN4O3/c1-3-18(2)22(28-23(31)19-9-5-4-6-10-19)24(32)29-13-8-14-30(16-15-29)25(33)27-21-12-7-11-20(26)17-21/h4-7,9-12,17-18,22H,3,8,13-16H2,1-2H3,(H,27,33)(H,28,31). The van der Waals surface area contributed by atoms with Crippen LogP contribution in [-0.4, -0.2) is 59.9 Å². The van der Waals surface area contributed by atoms with Crippen LogP contribution in [0.25, 0.3) is 0 Å². The van der Waals surface area contributed by atoms with Gasteiger partial charge in [-0.1, -0.05) is 56.1 Å². The van der Waals surface area contributed by atoms with Gasteiger partial charge in [-0.25, -0.2) is 4.79 Å². The number of hydrogen-bond donors (Lipinski definition) is 2. The molecular formula is C25H31ClN4O3. The molecule has 2 atom stereocenters. The van der Waals surface area contributed by atoms with E-state index in [1.807, 2.05) is 19.9 Å². The summed E-state index contributed by atoms with van der Waals surface area (Å²) in [5.41, 5.74) is 1.16. The monoisotopic (exact) mass is 470 g/mol. The highest BCUT2D eigenvalue weighted by atomic mass is 35.5. The number of carbonyl (C=O) groups excluding carboxylic acids is 3. The van der Waals surface area contributed by atoms with Crippen LogP contribution in [0.15, 0.2) is 54.6 Å². The van der Waals surface area contributed by atoms with Crippen molar-refractivity contribution in [2.45, 2.75) is 32.7 Å². The first-order chi connectivity index (χ1) is 15.9. The van der Waals surface area contributed by atoms with Crippen LogP contribution in [0, 0.1) is 5.92 Å². The quantitative estimate of drug-likeness (QED) is 0.662. The Balaban J connectivity index is 1.63. The van der Waals surface area contributed by atoms with Crippen LogP contribution >= 0.6 is 11.6 Å². The van der Waals surface area contributed by atoms with Gasteiger partial charge >= 0.3 is 6.03 Å². The lowest BCUT2D eigenvalue weighted by atomic mass is 9.97. The Hall–Kier alpha value is -3.06. The third-order valence-electron chi connectivity index (χ3n) is 5.97. The van der Waals surface area contributed by atoms with Crippen LogP contribution < -0.4 is 10.6 Å². The minimum Gasteiger partial charge on any atom is -0.340 e. The molecule has 7 nitrogen and oxygen atoms in total. The largest absolute Gasteiger partial charge is 0.340 e. The Labute approximate surface area is 200 Å². The maximum Gasteiger partial charge on any atom is 0.321 e. The molecule has 4 amide bonds. The number of hydrogen-bond acceptors (Lipinski definition) is 3. The molecule has 2 unspecified atom stereocenters. The molecule has 2 aromatic rings. The Kier molecular flexibility index (Phi) is 8.72. The van der Waals surface area contributed by atoms with Crippen molar-refractivity contribution in [1.29, 1.82) is 0 Å². The fraction of sp³-hybridized carbons (Fsp3) is 0.400. The lowest BCUT2D eigenvalue weighted by Gasteiger charge is -2.30. The fourth-order valence-electron chi connectivity index (χ4n) is 3.80. The summed E-state index contributed by atoms with van der Waals surface area (Å²) in [4.78, 5) is 42.3. The minimum atomic E-state index is -0.616. The highest BCUT2D eigenvalue weighted by Crippen LogP contribution is 2.17. The molecule has 1 heterocycles. The first-order valence-corrected chi connectivity index (χ1v) is 11.7. The van der Waals surface area contributed by atoms with Gasteiger partial charge in [-0.2, -0.15) is 0 Å². The molecule has 0 bridgehead atoms. The number of amides is 4. The second-order valence-electron chi connectivity index (χ2n) is 8.31. The van der Waals surface area contributed by atoms with Gasteiger partial charge in [-0.15, -0.1) is 0 Å². The number of anilines is 1. The summed E-state index contributed by atoms with van der Waals surface area (Å²) in [6, 6.07) is 15.1. The van der Waals surface area contributed by atoms with Crippen molar-refractivity contribution in [3.8, 4) is 0 Å². The zero-order valence-corrected chi connectivity index (χ0v) is 19.8. The molecule has 2 N–H and O–H groups in total. The maximum absolute atomic E-state index is 13.4. The lowest BCUT2D eigenvalue weighted by molar-refractivity contribution is -0.134. The summed E-state index contributed by atoms with van der Waals surface area (Å²) in [5.74, 6) is -0.382. The van der Waals surface area contributed by atoms with Gasteiger partial charge < -0.3 is 20.4 Å². The van der Waals surface area contributed by atoms with E-state index in [-0.39, 0.29) is 23.8 Å². The second kappa shape index (κ2) is 11.7. The number of rotatable bonds is 6. The molecule has 1 fully saturated rings. The molecule has 0 aromatic heterocycles. The van der Waals surface area contributed by atoms with Crippen LogP contribution in [0.2, 0.25) is 5.02 Å². The van der Waals surface area contributed by atoms with Crippen molar-refractivity contribution in [3.63, 3.8) is 0 Å². The molecule has 176 valence electrons. The zero-order chi connectivity index (χ0) is 23.8. The molecule has 3 rings (SSSR count). The third-order valence-corrected chi connectivity index (χ3v) is 6.21. The average molecular weight is 471 g/mol. The number of nitrogens with one attached hydrogen (secondary N) is 2. The Bertz CT molecular complexity index is 969. The summed E-state index contributed by atoms with van der Waals surface area (Å²) < 4.78 is 0. The molecule has 2 aromatic carbocycles. The van der Waals surface area contributed by atoms with Gasteiger partial charge in [0.25, 0.3) is 5.91 Å². The van der Waals surface area contributed by atoms with E-state index in [2.05, 4.69) is 10.6 Å². The van der Waals surface area contributed by atoms with Crippen LogP contribution in [0.1, 0.15) is 37.0 Å². The SMILES string of the molecule is CCC(C)C(NC(=O)c1ccccc1)C(=O)N1CCCN(C(=O)Nc2cccc(Cl)c2)CC1. The molecular weight excluding hydrogens is 440 g/mol. The molecule has 1 aliphatic heterocycles. The van der Waals surface area contributed by atoms with E-state index in [1.165, 1.54) is 0 Å². The van der Waals surface area contributed by atoms with Crippen molar-refractivity contribution in [1.82, 2.24) is 15.1 Å². The zero-order valence-electron chi connectivity index (χ0n) is 19.1. The Morgan fingerprint density at radius 1 is 0.970 bits per heavy atom.